The van der Waals surface area contributed by atoms with Crippen molar-refractivity contribution in [1.29, 1.82) is 0 Å². The van der Waals surface area contributed by atoms with Gasteiger partial charge in [0.25, 0.3) is 0 Å². The van der Waals surface area contributed by atoms with Crippen LogP contribution < -0.4 is 4.74 Å². The number of ether oxygens (including phenoxy) is 3. The molecule has 2 aromatic carbocycles. The van der Waals surface area contributed by atoms with Crippen LogP contribution in [0.3, 0.4) is 0 Å². The van der Waals surface area contributed by atoms with Crippen LogP contribution in [0.25, 0.3) is 11.0 Å². The lowest BCUT2D eigenvalue weighted by molar-refractivity contribution is -0.142. The van der Waals surface area contributed by atoms with E-state index in [4.69, 9.17) is 18.6 Å². The van der Waals surface area contributed by atoms with E-state index in [1.165, 1.54) is 0 Å². The molecule has 3 rings (SSSR count). The van der Waals surface area contributed by atoms with Gasteiger partial charge in [0.05, 0.1) is 17.5 Å². The standard InChI is InChI=1S/C21H21BrO5/c1-3-25-20(23)11-15-6-4-5-7-19(15)26-12-14-8-16-10-17(13-24-2)27-21(16)18(22)9-14/h4-10H,3,11-13H2,1-2H3. The first-order valence-corrected chi connectivity index (χ1v) is 9.46. The van der Waals surface area contributed by atoms with Crippen LogP contribution in [-0.4, -0.2) is 19.7 Å². The molecule has 0 aliphatic heterocycles. The third kappa shape index (κ3) is 4.90. The summed E-state index contributed by atoms with van der Waals surface area (Å²) in [5.41, 5.74) is 2.58. The Morgan fingerprint density at radius 2 is 1.96 bits per heavy atom. The normalized spacial score (nSPS) is 10.9. The Kier molecular flexibility index (Phi) is 6.53. The van der Waals surface area contributed by atoms with E-state index >= 15 is 0 Å². The monoisotopic (exact) mass is 432 g/mol. The highest BCUT2D eigenvalue weighted by Gasteiger charge is 2.12. The van der Waals surface area contributed by atoms with Gasteiger partial charge in [-0.1, -0.05) is 18.2 Å². The van der Waals surface area contributed by atoms with Crippen LogP contribution in [0.4, 0.5) is 0 Å². The van der Waals surface area contributed by atoms with Crippen molar-refractivity contribution >= 4 is 32.9 Å². The maximum absolute atomic E-state index is 11.8. The van der Waals surface area contributed by atoms with Crippen LogP contribution in [0.2, 0.25) is 0 Å². The largest absolute Gasteiger partial charge is 0.489 e. The fourth-order valence-electron chi connectivity index (χ4n) is 2.84. The van der Waals surface area contributed by atoms with Gasteiger partial charge in [0.15, 0.2) is 0 Å². The van der Waals surface area contributed by atoms with Gasteiger partial charge in [0.1, 0.15) is 30.3 Å². The van der Waals surface area contributed by atoms with Gasteiger partial charge in [-0.3, -0.25) is 4.79 Å². The van der Waals surface area contributed by atoms with Crippen molar-refractivity contribution in [1.82, 2.24) is 0 Å². The Morgan fingerprint density at radius 3 is 2.74 bits per heavy atom. The zero-order valence-electron chi connectivity index (χ0n) is 15.3. The first kappa shape index (κ1) is 19.5. The zero-order valence-corrected chi connectivity index (χ0v) is 16.9. The van der Waals surface area contributed by atoms with Gasteiger partial charge in [0.2, 0.25) is 0 Å². The summed E-state index contributed by atoms with van der Waals surface area (Å²) in [5.74, 6) is 1.18. The number of hydrogen-bond donors (Lipinski definition) is 0. The van der Waals surface area contributed by atoms with E-state index in [-0.39, 0.29) is 12.4 Å². The van der Waals surface area contributed by atoms with Crippen LogP contribution in [-0.2, 0) is 33.9 Å². The Labute approximate surface area is 166 Å². The summed E-state index contributed by atoms with van der Waals surface area (Å²) in [4.78, 5) is 11.8. The molecule has 0 bridgehead atoms. The number of hydrogen-bond acceptors (Lipinski definition) is 5. The highest BCUT2D eigenvalue weighted by Crippen LogP contribution is 2.30. The van der Waals surface area contributed by atoms with Crippen molar-refractivity contribution in [3.63, 3.8) is 0 Å². The minimum atomic E-state index is -0.262. The first-order chi connectivity index (χ1) is 13.1. The van der Waals surface area contributed by atoms with Crippen molar-refractivity contribution in [2.75, 3.05) is 13.7 Å². The minimum absolute atomic E-state index is 0.189. The third-order valence-electron chi connectivity index (χ3n) is 3.98. The highest BCUT2D eigenvalue weighted by molar-refractivity contribution is 9.10. The number of fused-ring (bicyclic) bond motifs is 1. The molecule has 1 aromatic heterocycles. The van der Waals surface area contributed by atoms with Gasteiger partial charge >= 0.3 is 5.97 Å². The topological polar surface area (TPSA) is 57.9 Å². The average molecular weight is 433 g/mol. The van der Waals surface area contributed by atoms with E-state index in [1.807, 2.05) is 42.5 Å². The number of furan rings is 1. The van der Waals surface area contributed by atoms with E-state index in [9.17, 15) is 4.79 Å². The second-order valence-corrected chi connectivity index (χ2v) is 6.87. The number of carbonyl (C=O) groups is 1. The number of methoxy groups -OCH3 is 1. The Hall–Kier alpha value is -2.31. The van der Waals surface area contributed by atoms with Crippen molar-refractivity contribution in [2.24, 2.45) is 0 Å². The molecule has 0 unspecified atom stereocenters. The van der Waals surface area contributed by atoms with Crippen molar-refractivity contribution in [3.05, 3.63) is 63.8 Å². The summed E-state index contributed by atoms with van der Waals surface area (Å²) in [7, 11) is 1.63. The fraction of sp³-hybridized carbons (Fsp3) is 0.286. The van der Waals surface area contributed by atoms with Crippen LogP contribution in [0.1, 0.15) is 23.8 Å². The second kappa shape index (κ2) is 9.06. The van der Waals surface area contributed by atoms with Crippen molar-refractivity contribution in [3.8, 4) is 5.75 Å². The molecule has 6 heteroatoms. The summed E-state index contributed by atoms with van der Waals surface area (Å²) in [5, 5.41) is 0.981. The minimum Gasteiger partial charge on any atom is -0.489 e. The number of esters is 1. The molecule has 0 saturated heterocycles. The third-order valence-corrected chi connectivity index (χ3v) is 4.56. The number of rotatable bonds is 8. The van der Waals surface area contributed by atoms with Crippen LogP contribution in [0.15, 0.2) is 51.4 Å². The van der Waals surface area contributed by atoms with E-state index < -0.39 is 0 Å². The smallest absolute Gasteiger partial charge is 0.310 e. The molecule has 0 saturated carbocycles. The summed E-state index contributed by atoms with van der Waals surface area (Å²) in [6.45, 7) is 2.96. The lowest BCUT2D eigenvalue weighted by Gasteiger charge is -2.11. The van der Waals surface area contributed by atoms with E-state index in [0.29, 0.717) is 25.6 Å². The first-order valence-electron chi connectivity index (χ1n) is 8.66. The maximum Gasteiger partial charge on any atom is 0.310 e. The molecule has 0 fully saturated rings. The summed E-state index contributed by atoms with van der Waals surface area (Å²) < 4.78 is 22.8. The lowest BCUT2D eigenvalue weighted by Crippen LogP contribution is -2.09. The molecule has 1 heterocycles. The lowest BCUT2D eigenvalue weighted by atomic mass is 10.1. The molecule has 0 aliphatic rings. The van der Waals surface area contributed by atoms with Crippen LogP contribution in [0.5, 0.6) is 5.75 Å². The number of carbonyl (C=O) groups excluding carboxylic acids is 1. The molecule has 0 radical (unpaired) electrons. The van der Waals surface area contributed by atoms with Crippen LogP contribution >= 0.6 is 15.9 Å². The molecule has 0 amide bonds. The number of para-hydroxylation sites is 1. The average Bonchev–Trinajstić information content (AvgIpc) is 3.05. The zero-order chi connectivity index (χ0) is 19.2. The molecule has 0 spiro atoms. The fourth-order valence-corrected chi connectivity index (χ4v) is 3.44. The molecule has 0 aliphatic carbocycles. The molecule has 0 atom stereocenters. The van der Waals surface area contributed by atoms with Gasteiger partial charge in [-0.15, -0.1) is 0 Å². The van der Waals surface area contributed by atoms with E-state index in [0.717, 1.165) is 32.3 Å². The quantitative estimate of drug-likeness (QED) is 0.467. The molecule has 27 heavy (non-hydrogen) atoms. The van der Waals surface area contributed by atoms with Crippen LogP contribution in [0, 0.1) is 0 Å². The van der Waals surface area contributed by atoms with Gasteiger partial charge in [-0.2, -0.15) is 0 Å². The number of benzene rings is 2. The Balaban J connectivity index is 1.76. The Morgan fingerprint density at radius 1 is 1.15 bits per heavy atom. The molecule has 5 nitrogen and oxygen atoms in total. The molecule has 3 aromatic rings. The molecule has 0 N–H and O–H groups in total. The molecule has 142 valence electrons. The van der Waals surface area contributed by atoms with Gasteiger partial charge in [-0.25, -0.2) is 0 Å². The van der Waals surface area contributed by atoms with E-state index in [1.54, 1.807) is 14.0 Å². The van der Waals surface area contributed by atoms with Crippen molar-refractivity contribution < 1.29 is 23.4 Å². The van der Waals surface area contributed by atoms with Gasteiger partial charge in [0, 0.05) is 18.1 Å². The van der Waals surface area contributed by atoms with Crippen molar-refractivity contribution in [2.45, 2.75) is 26.6 Å². The summed E-state index contributed by atoms with van der Waals surface area (Å²) in [6, 6.07) is 13.5. The predicted octanol–water partition coefficient (Wildman–Crippen LogP) is 5.03. The summed E-state index contributed by atoms with van der Waals surface area (Å²) >= 11 is 3.55. The summed E-state index contributed by atoms with van der Waals surface area (Å²) in [6.07, 6.45) is 0.189. The second-order valence-electron chi connectivity index (χ2n) is 6.02. The predicted molar refractivity (Wildman–Crippen MR) is 106 cm³/mol. The van der Waals surface area contributed by atoms with Gasteiger partial charge in [-0.05, 0) is 52.7 Å². The highest BCUT2D eigenvalue weighted by atomic mass is 79.9. The SMILES string of the molecule is CCOC(=O)Cc1ccccc1OCc1cc(Br)c2oc(COC)cc2c1. The molecular formula is C21H21BrO5. The number of halogens is 1. The van der Waals surface area contributed by atoms with E-state index in [2.05, 4.69) is 15.9 Å². The molecular weight excluding hydrogens is 412 g/mol. The maximum atomic E-state index is 11.8. The Bertz CT molecular complexity index is 931. The van der Waals surface area contributed by atoms with Gasteiger partial charge < -0.3 is 18.6 Å².